The smallest absolute Gasteiger partial charge is 0.418 e. The summed E-state index contributed by atoms with van der Waals surface area (Å²) in [7, 11) is 1.25. The topological polar surface area (TPSA) is 117 Å². The van der Waals surface area contributed by atoms with Crippen molar-refractivity contribution in [1.82, 2.24) is 0 Å². The lowest BCUT2D eigenvalue weighted by Crippen LogP contribution is -2.23. The number of amides is 1. The zero-order valence-electron chi connectivity index (χ0n) is 16.6. The molecule has 0 spiro atoms. The van der Waals surface area contributed by atoms with E-state index in [1.807, 2.05) is 5.32 Å². The molecule has 0 bridgehead atoms. The zero-order chi connectivity index (χ0) is 24.1. The van der Waals surface area contributed by atoms with Crippen LogP contribution in [0.5, 0.6) is 11.5 Å². The second kappa shape index (κ2) is 10.2. The Hall–Kier alpha value is -3.54. The number of benzene rings is 2. The Morgan fingerprint density at radius 3 is 2.44 bits per heavy atom. The van der Waals surface area contributed by atoms with Crippen molar-refractivity contribution in [2.24, 2.45) is 0 Å². The van der Waals surface area contributed by atoms with Crippen LogP contribution in [0.4, 0.5) is 24.5 Å². The normalized spacial score (nSPS) is 10.9. The SMILES string of the molecule is CCOc1cc([N+](=O)[O-])c(C(=O)OCC(=O)Nc2ccc(Cl)cc2C(F)(F)F)cc1OC. The molecule has 9 nitrogen and oxygen atoms in total. The minimum Gasteiger partial charge on any atom is -0.493 e. The fraction of sp³-hybridized carbons (Fsp3) is 0.263. The van der Waals surface area contributed by atoms with Crippen LogP contribution >= 0.6 is 11.6 Å². The Bertz CT molecular complexity index is 1040. The second-order valence-corrected chi connectivity index (χ2v) is 6.46. The van der Waals surface area contributed by atoms with Crippen molar-refractivity contribution in [2.75, 3.05) is 25.6 Å². The van der Waals surface area contributed by atoms with Gasteiger partial charge in [-0.05, 0) is 25.1 Å². The predicted octanol–water partition coefficient (Wildman–Crippen LogP) is 4.47. The molecular weight excluding hydrogens is 461 g/mol. The molecule has 2 aromatic rings. The third-order valence-corrected chi connectivity index (χ3v) is 4.13. The molecule has 0 atom stereocenters. The van der Waals surface area contributed by atoms with Gasteiger partial charge in [0.2, 0.25) is 0 Å². The molecule has 2 aromatic carbocycles. The predicted molar refractivity (Wildman–Crippen MR) is 106 cm³/mol. The largest absolute Gasteiger partial charge is 0.493 e. The number of hydrogen-bond acceptors (Lipinski definition) is 7. The van der Waals surface area contributed by atoms with Crippen molar-refractivity contribution < 1.29 is 41.9 Å². The number of ether oxygens (including phenoxy) is 3. The maximum absolute atomic E-state index is 13.1. The lowest BCUT2D eigenvalue weighted by atomic mass is 10.1. The van der Waals surface area contributed by atoms with Gasteiger partial charge in [-0.1, -0.05) is 11.6 Å². The van der Waals surface area contributed by atoms with Crippen LogP contribution in [0.25, 0.3) is 0 Å². The van der Waals surface area contributed by atoms with E-state index < -0.39 is 52.1 Å². The van der Waals surface area contributed by atoms with Crippen LogP contribution in [0.15, 0.2) is 30.3 Å². The van der Waals surface area contributed by atoms with E-state index in [0.29, 0.717) is 6.07 Å². The van der Waals surface area contributed by atoms with E-state index in [0.717, 1.165) is 24.3 Å². The maximum Gasteiger partial charge on any atom is 0.418 e. The Morgan fingerprint density at radius 1 is 1.19 bits per heavy atom. The first-order chi connectivity index (χ1) is 15.0. The van der Waals surface area contributed by atoms with Gasteiger partial charge in [-0.25, -0.2) is 4.79 Å². The molecule has 32 heavy (non-hydrogen) atoms. The quantitative estimate of drug-likeness (QED) is 0.339. The number of nitrogens with zero attached hydrogens (tertiary/aromatic N) is 1. The van der Waals surface area contributed by atoms with Gasteiger partial charge < -0.3 is 19.5 Å². The van der Waals surface area contributed by atoms with Gasteiger partial charge >= 0.3 is 12.1 Å². The number of nitrogens with one attached hydrogen (secondary N) is 1. The minimum absolute atomic E-state index is 0.00448. The molecule has 13 heteroatoms. The number of carbonyl (C=O) groups excluding carboxylic acids is 2. The fourth-order valence-electron chi connectivity index (χ4n) is 2.55. The van der Waals surface area contributed by atoms with Gasteiger partial charge in [0, 0.05) is 11.1 Å². The molecule has 2 rings (SSSR count). The molecule has 0 radical (unpaired) electrons. The first-order valence-corrected chi connectivity index (χ1v) is 9.18. The van der Waals surface area contributed by atoms with Gasteiger partial charge in [-0.3, -0.25) is 14.9 Å². The number of nitro benzene ring substituents is 1. The summed E-state index contributed by atoms with van der Waals surface area (Å²) in [5.74, 6) is -2.35. The molecule has 0 aromatic heterocycles. The highest BCUT2D eigenvalue weighted by Gasteiger charge is 2.34. The Morgan fingerprint density at radius 2 is 1.88 bits per heavy atom. The number of halogens is 4. The van der Waals surface area contributed by atoms with Gasteiger partial charge in [-0.2, -0.15) is 13.2 Å². The maximum atomic E-state index is 13.1. The average molecular weight is 477 g/mol. The van der Waals surface area contributed by atoms with Crippen molar-refractivity contribution >= 4 is 34.9 Å². The Balaban J connectivity index is 2.19. The summed E-state index contributed by atoms with van der Waals surface area (Å²) in [6.45, 7) is 0.796. The summed E-state index contributed by atoms with van der Waals surface area (Å²) in [6, 6.07) is 4.66. The Labute approximate surface area is 184 Å². The van der Waals surface area contributed by atoms with Gasteiger partial charge in [0.15, 0.2) is 18.1 Å². The number of methoxy groups -OCH3 is 1. The standard InChI is InChI=1S/C19H16ClF3N2O7/c1-3-31-16-8-14(25(28)29)11(7-15(16)30-2)18(27)32-9-17(26)24-13-5-4-10(20)6-12(13)19(21,22)23/h4-8H,3,9H2,1-2H3,(H,24,26). The fourth-order valence-corrected chi connectivity index (χ4v) is 2.72. The van der Waals surface area contributed by atoms with E-state index in [-0.39, 0.29) is 23.1 Å². The molecule has 172 valence electrons. The number of anilines is 1. The highest BCUT2D eigenvalue weighted by Crippen LogP contribution is 2.37. The number of alkyl halides is 3. The van der Waals surface area contributed by atoms with Gasteiger partial charge in [-0.15, -0.1) is 0 Å². The molecule has 0 saturated heterocycles. The van der Waals surface area contributed by atoms with Crippen LogP contribution in [0.2, 0.25) is 5.02 Å². The summed E-state index contributed by atoms with van der Waals surface area (Å²) < 4.78 is 54.3. The molecule has 1 amide bonds. The van der Waals surface area contributed by atoms with E-state index >= 15 is 0 Å². The van der Waals surface area contributed by atoms with E-state index in [9.17, 15) is 32.9 Å². The summed E-state index contributed by atoms with van der Waals surface area (Å²) in [5.41, 5.74) is -3.00. The van der Waals surface area contributed by atoms with Crippen LogP contribution in [-0.2, 0) is 15.7 Å². The molecule has 0 saturated carbocycles. The molecule has 1 N–H and O–H groups in total. The number of esters is 1. The second-order valence-electron chi connectivity index (χ2n) is 6.02. The first-order valence-electron chi connectivity index (χ1n) is 8.80. The summed E-state index contributed by atoms with van der Waals surface area (Å²) in [5, 5.41) is 13.1. The molecular formula is C19H16ClF3N2O7. The molecule has 0 aliphatic carbocycles. The monoisotopic (exact) mass is 476 g/mol. The van der Waals surface area contributed by atoms with Crippen LogP contribution in [0, 0.1) is 10.1 Å². The summed E-state index contributed by atoms with van der Waals surface area (Å²) in [4.78, 5) is 34.8. The first kappa shape index (κ1) is 24.7. The lowest BCUT2D eigenvalue weighted by molar-refractivity contribution is -0.385. The number of carbonyl (C=O) groups is 2. The average Bonchev–Trinajstić information content (AvgIpc) is 2.72. The third kappa shape index (κ3) is 6.00. The Kier molecular flexibility index (Phi) is 7.87. The highest BCUT2D eigenvalue weighted by atomic mass is 35.5. The molecule has 0 unspecified atom stereocenters. The summed E-state index contributed by atoms with van der Waals surface area (Å²) in [6.07, 6.45) is -4.80. The van der Waals surface area contributed by atoms with E-state index in [2.05, 4.69) is 0 Å². The van der Waals surface area contributed by atoms with E-state index in [4.69, 9.17) is 25.8 Å². The van der Waals surface area contributed by atoms with E-state index in [1.165, 1.54) is 7.11 Å². The van der Waals surface area contributed by atoms with Gasteiger partial charge in [0.1, 0.15) is 5.56 Å². The van der Waals surface area contributed by atoms with Crippen molar-refractivity contribution in [2.45, 2.75) is 13.1 Å². The van der Waals surface area contributed by atoms with Gasteiger partial charge in [0.25, 0.3) is 11.6 Å². The van der Waals surface area contributed by atoms with Crippen molar-refractivity contribution in [3.8, 4) is 11.5 Å². The molecule has 0 aliphatic heterocycles. The summed E-state index contributed by atoms with van der Waals surface area (Å²) >= 11 is 5.57. The molecule has 0 heterocycles. The lowest BCUT2D eigenvalue weighted by Gasteiger charge is -2.14. The number of rotatable bonds is 8. The van der Waals surface area contributed by atoms with Crippen LogP contribution in [0.1, 0.15) is 22.8 Å². The molecule has 0 fully saturated rings. The molecule has 0 aliphatic rings. The van der Waals surface area contributed by atoms with Gasteiger partial charge in [0.05, 0.1) is 36.0 Å². The van der Waals surface area contributed by atoms with Crippen LogP contribution < -0.4 is 14.8 Å². The van der Waals surface area contributed by atoms with Crippen molar-refractivity contribution in [3.05, 3.63) is 56.6 Å². The number of hydrogen-bond donors (Lipinski definition) is 1. The highest BCUT2D eigenvalue weighted by molar-refractivity contribution is 6.30. The third-order valence-electron chi connectivity index (χ3n) is 3.89. The minimum atomic E-state index is -4.80. The van der Waals surface area contributed by atoms with Crippen LogP contribution in [-0.4, -0.2) is 37.1 Å². The zero-order valence-corrected chi connectivity index (χ0v) is 17.4. The van der Waals surface area contributed by atoms with Crippen LogP contribution in [0.3, 0.4) is 0 Å². The van der Waals surface area contributed by atoms with Crippen molar-refractivity contribution in [1.29, 1.82) is 0 Å². The number of nitro groups is 1. The van der Waals surface area contributed by atoms with Crippen molar-refractivity contribution in [3.63, 3.8) is 0 Å². The van der Waals surface area contributed by atoms with E-state index in [1.54, 1.807) is 6.92 Å².